The minimum Gasteiger partial charge on any atom is -0.691 e. The molecule has 0 rings (SSSR count). The van der Waals surface area contributed by atoms with E-state index in [1.807, 2.05) is 0 Å². The average Bonchev–Trinajstić information content (AvgIpc) is 0.957. The topological polar surface area (TPSA) is 73.8 Å². The molecule has 0 saturated heterocycles. The van der Waals surface area contributed by atoms with Crippen molar-refractivity contribution >= 4 is 119 Å². The first kappa shape index (κ1) is 138. The number of hydrogen-bond donors (Lipinski definition) is 0. The van der Waals surface area contributed by atoms with Gasteiger partial charge >= 0.3 is 21.1 Å². The smallest absolute Gasteiger partial charge is 0.691 e. The molecule has 0 fully saturated rings. The summed E-state index contributed by atoms with van der Waals surface area (Å²) < 4.78 is 45.8. The first-order chi connectivity index (χ1) is 60.5. The van der Waals surface area contributed by atoms with Crippen LogP contribution in [0, 0.1) is 0 Å². The zero-order valence-corrected chi connectivity index (χ0v) is 96.7. The second-order valence-electron chi connectivity index (χ2n) is 36.7. The molecule has 0 bridgehead atoms. The van der Waals surface area contributed by atoms with Gasteiger partial charge in [-0.05, 0) is 51.4 Å². The van der Waals surface area contributed by atoms with Gasteiger partial charge in [-0.3, -0.25) is 0 Å². The van der Waals surface area contributed by atoms with Gasteiger partial charge in [0.25, 0.3) is 0 Å². The summed E-state index contributed by atoms with van der Waals surface area (Å²) in [5, 5.41) is 0. The van der Waals surface area contributed by atoms with Crippen LogP contribution in [0.15, 0.2) is 0 Å². The van der Waals surface area contributed by atoms with Crippen LogP contribution in [-0.4, -0.2) is 52.9 Å². The minimum absolute atomic E-state index is 0. The molecule has 0 spiro atoms. The molecular weight excluding hydrogens is 1850 g/mol. The Labute approximate surface area is 841 Å². The molecule has 0 radical (unpaired) electrons. The Morgan fingerprint density at radius 2 is 0.176 bits per heavy atom. The fraction of sp³-hybridized carbons (Fsp3) is 1.00. The van der Waals surface area contributed by atoms with Crippen LogP contribution in [0.3, 0.4) is 0 Å². The molecule has 0 aromatic rings. The molecule has 0 unspecified atom stereocenters. The van der Waals surface area contributed by atoms with Gasteiger partial charge in [0.05, 0.1) is 75.6 Å². The Balaban J connectivity index is -0.000000511. The maximum absolute atomic E-state index is 5.73. The predicted octanol–water partition coefficient (Wildman–Crippen LogP) is 41.6. The van der Waals surface area contributed by atoms with E-state index in [2.05, 4.69) is 55.4 Å². The van der Waals surface area contributed by atoms with Gasteiger partial charge in [-0.25, -0.2) is 0 Å². The van der Waals surface area contributed by atoms with Crippen LogP contribution >= 0.6 is 22.8 Å². The standard InChI is InChI=1S/4C26H55O2PS2.Mo/c4*1-3-5-7-9-11-13-15-17-19-21-23-25-27-29(30,31)28-26-24-22-20-18-16-14-12-10-8-6-4-2;/h4*3-26H2,1-2H3,(H,30,31);/q;;;;+4/p-4. The number of hydrogen-bond acceptors (Lipinski definition) is 16. The van der Waals surface area contributed by atoms with Crippen molar-refractivity contribution in [2.24, 2.45) is 0 Å². The fourth-order valence-electron chi connectivity index (χ4n) is 15.7. The molecule has 0 N–H and O–H groups in total. The molecule has 0 atom stereocenters. The first-order valence-corrected chi connectivity index (χ1v) is 69.5. The fourth-order valence-corrected chi connectivity index (χ4v) is 22.4. The molecule has 21 heteroatoms. The molecule has 0 amide bonds. The third kappa shape index (κ3) is 133. The monoisotopic (exact) mass is 2070 g/mol. The van der Waals surface area contributed by atoms with Crippen molar-refractivity contribution in [1.29, 1.82) is 0 Å². The summed E-state index contributed by atoms with van der Waals surface area (Å²) in [6, 6.07) is 0. The van der Waals surface area contributed by atoms with Crippen molar-refractivity contribution in [2.45, 2.75) is 620 Å². The third-order valence-corrected chi connectivity index (χ3v) is 33.0. The average molecular weight is 2070 g/mol. The van der Waals surface area contributed by atoms with Crippen LogP contribution in [0.4, 0.5) is 0 Å². The quantitative estimate of drug-likeness (QED) is 0.0251. The van der Waals surface area contributed by atoms with Gasteiger partial charge in [0.1, 0.15) is 0 Å². The summed E-state index contributed by atoms with van der Waals surface area (Å²) in [4.78, 5) is 0. The van der Waals surface area contributed by atoms with E-state index >= 15 is 0 Å². The molecule has 754 valence electrons. The molecule has 8 nitrogen and oxygen atoms in total. The van der Waals surface area contributed by atoms with E-state index in [1.54, 1.807) is 0 Å². The summed E-state index contributed by atoms with van der Waals surface area (Å²) in [7, 11) is 0. The van der Waals surface area contributed by atoms with Crippen LogP contribution in [-0.2, 0) is 153 Å². The van der Waals surface area contributed by atoms with Gasteiger partial charge in [-0.1, -0.05) is 616 Å². The molecular formula is C104H216MoO8P4S8. The number of rotatable bonds is 104. The van der Waals surface area contributed by atoms with Crippen LogP contribution in [0.2, 0.25) is 0 Å². The molecule has 125 heavy (non-hydrogen) atoms. The predicted molar refractivity (Wildman–Crippen MR) is 586 cm³/mol. The van der Waals surface area contributed by atoms with E-state index in [4.69, 9.17) is 132 Å². The van der Waals surface area contributed by atoms with E-state index in [1.165, 1.54) is 514 Å². The Morgan fingerprint density at radius 1 is 0.120 bits per heavy atom. The summed E-state index contributed by atoms with van der Waals surface area (Å²) in [5.74, 6) is 0. The summed E-state index contributed by atoms with van der Waals surface area (Å²) in [6.45, 7) is 23.6. The van der Waals surface area contributed by atoms with Gasteiger partial charge in [0.15, 0.2) is 0 Å². The normalized spacial score (nSPS) is 11.9. The second-order valence-corrected chi connectivity index (χ2v) is 56.7. The van der Waals surface area contributed by atoms with Crippen LogP contribution in [0.1, 0.15) is 620 Å². The van der Waals surface area contributed by atoms with Gasteiger partial charge in [0, 0.05) is 0 Å². The number of unbranched alkanes of at least 4 members (excludes halogenated alkanes) is 80. The van der Waals surface area contributed by atoms with Crippen molar-refractivity contribution in [1.82, 2.24) is 0 Å². The van der Waals surface area contributed by atoms with Crippen molar-refractivity contribution in [2.75, 3.05) is 52.9 Å². The molecule has 0 aromatic heterocycles. The zero-order valence-electron chi connectivity index (χ0n) is 84.6. The first-order valence-electron chi connectivity index (χ1n) is 54.9. The molecule has 0 aliphatic heterocycles. The van der Waals surface area contributed by atoms with Crippen molar-refractivity contribution in [3.63, 3.8) is 0 Å². The summed E-state index contributed by atoms with van der Waals surface area (Å²) >= 11 is 43.1. The molecule has 0 aliphatic rings. The van der Waals surface area contributed by atoms with E-state index < -0.39 is 22.8 Å². The van der Waals surface area contributed by atoms with E-state index in [0.29, 0.717) is 52.9 Å². The van der Waals surface area contributed by atoms with E-state index in [-0.39, 0.29) is 21.1 Å². The largest absolute Gasteiger partial charge is 4.00 e. The maximum Gasteiger partial charge on any atom is 4.00 e. The zero-order chi connectivity index (χ0) is 91.5. The molecule has 0 aliphatic carbocycles. The maximum atomic E-state index is 5.73. The Morgan fingerprint density at radius 3 is 0.240 bits per heavy atom. The van der Waals surface area contributed by atoms with Crippen molar-refractivity contribution in [3.8, 4) is 0 Å². The summed E-state index contributed by atoms with van der Waals surface area (Å²) in [5.41, 5.74) is -9.74. The van der Waals surface area contributed by atoms with Gasteiger partial charge in [-0.2, -0.15) is 0 Å². The van der Waals surface area contributed by atoms with Gasteiger partial charge in [-0.15, -0.1) is 0 Å². The second kappa shape index (κ2) is 119. The van der Waals surface area contributed by atoms with E-state index in [9.17, 15) is 0 Å². The molecule has 0 saturated carbocycles. The van der Waals surface area contributed by atoms with Crippen molar-refractivity contribution in [3.05, 3.63) is 0 Å². The minimum atomic E-state index is -2.44. The van der Waals surface area contributed by atoms with Gasteiger partial charge in [0.2, 0.25) is 0 Å². The van der Waals surface area contributed by atoms with Crippen LogP contribution in [0.5, 0.6) is 0 Å². The molecule has 0 heterocycles. The summed E-state index contributed by atoms with van der Waals surface area (Å²) in [6.07, 6.45) is 118. The van der Waals surface area contributed by atoms with Crippen LogP contribution in [0.25, 0.3) is 0 Å². The Bertz CT molecular complexity index is 1740. The SMILES string of the molecule is CCCCCCCCCCCCCOP(=S)([S-])OCCCCCCCCCCCCC.CCCCCCCCCCCCCOP(=S)([S-])OCCCCCCCCCCCCC.CCCCCCCCCCCCCOP(=S)([S-])OCCCCCCCCCCCCC.CCCCCCCCCCCCCOP(=S)([S-])OCCCCCCCCCCCCC.[Mo+4]. The third-order valence-electron chi connectivity index (χ3n) is 24.0. The van der Waals surface area contributed by atoms with Crippen LogP contribution < -0.4 is 0 Å². The van der Waals surface area contributed by atoms with Crippen molar-refractivity contribution < 1.29 is 57.3 Å². The Hall–Kier alpha value is 4.37. The molecule has 0 aromatic carbocycles. The Kier molecular flexibility index (Phi) is 131. The van der Waals surface area contributed by atoms with Gasteiger partial charge < -0.3 is 85.2 Å². The van der Waals surface area contributed by atoms with E-state index in [0.717, 1.165) is 51.4 Å².